The molecule has 0 bridgehead atoms. The van der Waals surface area contributed by atoms with E-state index >= 15 is 0 Å². The number of nitrogens with zero attached hydrogens (tertiary/aromatic N) is 3. The summed E-state index contributed by atoms with van der Waals surface area (Å²) in [5.74, 6) is 0. The first kappa shape index (κ1) is 35.7. The summed E-state index contributed by atoms with van der Waals surface area (Å²) >= 11 is 0. The predicted molar refractivity (Wildman–Crippen MR) is 260 cm³/mol. The van der Waals surface area contributed by atoms with Crippen LogP contribution in [0.2, 0.25) is 0 Å². The second kappa shape index (κ2) is 14.8. The minimum atomic E-state index is 0.945. The van der Waals surface area contributed by atoms with E-state index in [1.165, 1.54) is 54.7 Å². The third kappa shape index (κ3) is 6.02. The molecule has 0 saturated heterocycles. The lowest BCUT2D eigenvalue weighted by molar-refractivity contribution is 1.17. The molecular formula is C59H39N3. The Labute approximate surface area is 360 Å². The number of rotatable bonds is 7. The molecular weight excluding hydrogens is 751 g/mol. The van der Waals surface area contributed by atoms with Gasteiger partial charge in [-0.15, -0.1) is 0 Å². The van der Waals surface area contributed by atoms with Crippen LogP contribution < -0.4 is 0 Å². The van der Waals surface area contributed by atoms with Gasteiger partial charge in [0.1, 0.15) is 0 Å². The number of para-hydroxylation sites is 3. The van der Waals surface area contributed by atoms with Crippen LogP contribution >= 0.6 is 0 Å². The molecule has 12 rings (SSSR count). The van der Waals surface area contributed by atoms with E-state index in [0.29, 0.717) is 0 Å². The number of benzene rings is 9. The molecule has 3 nitrogen and oxygen atoms in total. The normalized spacial score (nSPS) is 11.5. The van der Waals surface area contributed by atoms with Crippen molar-refractivity contribution >= 4 is 43.6 Å². The van der Waals surface area contributed by atoms with Crippen LogP contribution in [0.1, 0.15) is 0 Å². The summed E-state index contributed by atoms with van der Waals surface area (Å²) in [5.41, 5.74) is 18.1. The molecule has 3 heterocycles. The molecule has 9 aromatic carbocycles. The van der Waals surface area contributed by atoms with Crippen LogP contribution in [0.25, 0.3) is 111 Å². The molecule has 0 amide bonds. The van der Waals surface area contributed by atoms with E-state index in [4.69, 9.17) is 4.98 Å². The Morgan fingerprint density at radius 3 is 1.44 bits per heavy atom. The van der Waals surface area contributed by atoms with Crippen molar-refractivity contribution in [1.29, 1.82) is 0 Å². The standard InChI is InChI=1S/C59H39N3/c1-4-16-40(17-5-1)44-21-15-23-46(37-44)54-39-47(38-53(60-54)42-18-6-2-7-19-42)45-22-14-20-43(36-45)41-30-32-49(33-31-41)62-55-28-12-10-26-50(55)51-34-35-57-58(59(51)62)52-27-11-13-29-56(52)61(57)48-24-8-3-9-25-48/h1-39H. The Kier molecular flexibility index (Phi) is 8.50. The molecule has 3 heteroatoms. The van der Waals surface area contributed by atoms with Crippen LogP contribution in [0.15, 0.2) is 237 Å². The smallest absolute Gasteiger partial charge is 0.0715 e. The van der Waals surface area contributed by atoms with Crippen molar-refractivity contribution < 1.29 is 0 Å². The Bertz CT molecular complexity index is 3600. The summed E-state index contributed by atoms with van der Waals surface area (Å²) in [4.78, 5) is 5.24. The molecule has 0 radical (unpaired) electrons. The average molecular weight is 790 g/mol. The van der Waals surface area contributed by atoms with E-state index in [1.54, 1.807) is 0 Å². The van der Waals surface area contributed by atoms with E-state index < -0.39 is 0 Å². The number of hydrogen-bond acceptors (Lipinski definition) is 1. The fraction of sp³-hybridized carbons (Fsp3) is 0. The van der Waals surface area contributed by atoms with Crippen molar-refractivity contribution in [2.24, 2.45) is 0 Å². The van der Waals surface area contributed by atoms with Crippen LogP contribution in [0.3, 0.4) is 0 Å². The van der Waals surface area contributed by atoms with Gasteiger partial charge in [-0.2, -0.15) is 0 Å². The van der Waals surface area contributed by atoms with Gasteiger partial charge in [-0.1, -0.05) is 170 Å². The van der Waals surface area contributed by atoms with E-state index in [9.17, 15) is 0 Å². The van der Waals surface area contributed by atoms with Gasteiger partial charge >= 0.3 is 0 Å². The zero-order valence-electron chi connectivity index (χ0n) is 33.9. The largest absolute Gasteiger partial charge is 0.309 e. The Balaban J connectivity index is 0.975. The highest BCUT2D eigenvalue weighted by atomic mass is 15.0. The van der Waals surface area contributed by atoms with Gasteiger partial charge in [0.05, 0.1) is 33.5 Å². The highest BCUT2D eigenvalue weighted by Crippen LogP contribution is 2.42. The monoisotopic (exact) mass is 789 g/mol. The topological polar surface area (TPSA) is 22.8 Å². The molecule has 0 spiro atoms. The van der Waals surface area contributed by atoms with Gasteiger partial charge in [-0.05, 0) is 100 Å². The molecule has 0 atom stereocenters. The summed E-state index contributed by atoms with van der Waals surface area (Å²) in [5, 5.41) is 5.00. The molecule has 0 fully saturated rings. The third-order valence-corrected chi connectivity index (χ3v) is 12.3. The van der Waals surface area contributed by atoms with Gasteiger partial charge in [-0.3, -0.25) is 0 Å². The summed E-state index contributed by atoms with van der Waals surface area (Å²) in [6.07, 6.45) is 0. The van der Waals surface area contributed by atoms with Gasteiger partial charge < -0.3 is 9.13 Å². The predicted octanol–water partition coefficient (Wildman–Crippen LogP) is 15.6. The molecule has 0 N–H and O–H groups in total. The van der Waals surface area contributed by atoms with Gasteiger partial charge in [-0.25, -0.2) is 4.98 Å². The van der Waals surface area contributed by atoms with Crippen LogP contribution in [0.5, 0.6) is 0 Å². The third-order valence-electron chi connectivity index (χ3n) is 12.3. The quantitative estimate of drug-likeness (QED) is 0.158. The molecule has 12 aromatic rings. The van der Waals surface area contributed by atoms with Crippen molar-refractivity contribution in [1.82, 2.24) is 14.1 Å². The first-order valence-corrected chi connectivity index (χ1v) is 21.2. The minimum absolute atomic E-state index is 0.945. The molecule has 3 aromatic heterocycles. The molecule has 62 heavy (non-hydrogen) atoms. The molecule has 0 aliphatic heterocycles. The second-order valence-electron chi connectivity index (χ2n) is 16.0. The molecule has 0 aliphatic rings. The Hall–Kier alpha value is -8.27. The number of pyridine rings is 1. The fourth-order valence-corrected chi connectivity index (χ4v) is 9.40. The maximum absolute atomic E-state index is 5.24. The van der Waals surface area contributed by atoms with Crippen LogP contribution in [0.4, 0.5) is 0 Å². The zero-order valence-corrected chi connectivity index (χ0v) is 33.9. The summed E-state index contributed by atoms with van der Waals surface area (Å²) in [6.45, 7) is 0. The highest BCUT2D eigenvalue weighted by molar-refractivity contribution is 6.26. The highest BCUT2D eigenvalue weighted by Gasteiger charge is 2.21. The van der Waals surface area contributed by atoms with Gasteiger partial charge in [0.2, 0.25) is 0 Å². The summed E-state index contributed by atoms with van der Waals surface area (Å²) in [7, 11) is 0. The Morgan fingerprint density at radius 1 is 0.258 bits per heavy atom. The SMILES string of the molecule is c1ccc(-c2cccc(-c3cc(-c4cccc(-c5ccc(-n6c7ccccc7c7ccc8c(c9ccccc9n8-c8ccccc8)c76)cc5)c4)cc(-c4ccccc4)n3)c2)cc1. The first-order valence-electron chi connectivity index (χ1n) is 21.2. The van der Waals surface area contributed by atoms with Gasteiger partial charge in [0, 0.05) is 44.0 Å². The second-order valence-corrected chi connectivity index (χ2v) is 16.0. The van der Waals surface area contributed by atoms with Gasteiger partial charge in [0.25, 0.3) is 0 Å². The average Bonchev–Trinajstić information content (AvgIpc) is 3.88. The molecule has 290 valence electrons. The lowest BCUT2D eigenvalue weighted by atomic mass is 9.96. The lowest BCUT2D eigenvalue weighted by Gasteiger charge is -2.13. The first-order chi connectivity index (χ1) is 30.7. The van der Waals surface area contributed by atoms with E-state index in [0.717, 1.165) is 56.1 Å². The number of fused-ring (bicyclic) bond motifs is 7. The van der Waals surface area contributed by atoms with Gasteiger partial charge in [0.15, 0.2) is 0 Å². The van der Waals surface area contributed by atoms with E-state index in [1.807, 2.05) is 0 Å². The zero-order chi connectivity index (χ0) is 41.0. The number of hydrogen-bond donors (Lipinski definition) is 0. The van der Waals surface area contributed by atoms with Crippen molar-refractivity contribution in [3.05, 3.63) is 237 Å². The van der Waals surface area contributed by atoms with Crippen LogP contribution in [-0.2, 0) is 0 Å². The van der Waals surface area contributed by atoms with Crippen molar-refractivity contribution in [2.75, 3.05) is 0 Å². The maximum atomic E-state index is 5.24. The minimum Gasteiger partial charge on any atom is -0.309 e. The van der Waals surface area contributed by atoms with Crippen molar-refractivity contribution in [3.63, 3.8) is 0 Å². The van der Waals surface area contributed by atoms with E-state index in [-0.39, 0.29) is 0 Å². The van der Waals surface area contributed by atoms with E-state index in [2.05, 4.69) is 246 Å². The lowest BCUT2D eigenvalue weighted by Crippen LogP contribution is -1.95. The van der Waals surface area contributed by atoms with Crippen molar-refractivity contribution in [3.8, 4) is 67.3 Å². The Morgan fingerprint density at radius 2 is 0.742 bits per heavy atom. The maximum Gasteiger partial charge on any atom is 0.0715 e. The molecule has 0 aliphatic carbocycles. The summed E-state index contributed by atoms with van der Waals surface area (Å²) in [6, 6.07) is 85.1. The summed E-state index contributed by atoms with van der Waals surface area (Å²) < 4.78 is 4.87. The van der Waals surface area contributed by atoms with Crippen molar-refractivity contribution in [2.45, 2.75) is 0 Å². The molecule has 0 unspecified atom stereocenters. The number of aromatic nitrogens is 3. The van der Waals surface area contributed by atoms with Crippen LogP contribution in [-0.4, -0.2) is 14.1 Å². The fourth-order valence-electron chi connectivity index (χ4n) is 9.40. The van der Waals surface area contributed by atoms with Crippen LogP contribution in [0, 0.1) is 0 Å². The molecule has 0 saturated carbocycles.